The van der Waals surface area contributed by atoms with E-state index in [9.17, 15) is 0 Å². The molecular formula is C12H23N3O2. The quantitative estimate of drug-likeness (QED) is 0.794. The Labute approximate surface area is 103 Å². The van der Waals surface area contributed by atoms with E-state index in [-0.39, 0.29) is 12.1 Å². The molecule has 2 unspecified atom stereocenters. The van der Waals surface area contributed by atoms with Crippen LogP contribution in [0.25, 0.3) is 0 Å². The van der Waals surface area contributed by atoms with E-state index >= 15 is 0 Å². The summed E-state index contributed by atoms with van der Waals surface area (Å²) in [6.07, 6.45) is 1.72. The Morgan fingerprint density at radius 1 is 1.29 bits per heavy atom. The molecule has 5 heteroatoms. The molecule has 2 N–H and O–H groups in total. The molecule has 3 atom stereocenters. The molecule has 0 bridgehead atoms. The van der Waals surface area contributed by atoms with Crippen molar-refractivity contribution >= 4 is 0 Å². The highest BCUT2D eigenvalue weighted by Crippen LogP contribution is 2.23. The number of ether oxygens (including phenoxy) is 1. The summed E-state index contributed by atoms with van der Waals surface area (Å²) in [5.41, 5.74) is 6.04. The molecule has 1 rings (SSSR count). The molecule has 1 aromatic heterocycles. The maximum atomic E-state index is 6.04. The van der Waals surface area contributed by atoms with Gasteiger partial charge in [0.25, 0.3) is 0 Å². The minimum atomic E-state index is -0.194. The third kappa shape index (κ3) is 3.51. The van der Waals surface area contributed by atoms with Crippen LogP contribution >= 0.6 is 0 Å². The van der Waals surface area contributed by atoms with Crippen molar-refractivity contribution in [2.75, 3.05) is 6.61 Å². The van der Waals surface area contributed by atoms with E-state index in [2.05, 4.69) is 24.0 Å². The van der Waals surface area contributed by atoms with E-state index in [0.717, 1.165) is 12.8 Å². The summed E-state index contributed by atoms with van der Waals surface area (Å²) in [5, 5.41) is 3.95. The maximum Gasteiger partial charge on any atom is 0.243 e. The first kappa shape index (κ1) is 14.1. The number of hydrogen-bond acceptors (Lipinski definition) is 5. The number of aromatic nitrogens is 2. The van der Waals surface area contributed by atoms with Crippen molar-refractivity contribution in [3.05, 3.63) is 11.7 Å². The highest BCUT2D eigenvalue weighted by atomic mass is 16.5. The lowest BCUT2D eigenvalue weighted by Gasteiger charge is -2.13. The second-order valence-electron chi connectivity index (χ2n) is 4.25. The van der Waals surface area contributed by atoms with Crippen molar-refractivity contribution in [1.82, 2.24) is 10.1 Å². The van der Waals surface area contributed by atoms with Gasteiger partial charge in [-0.25, -0.2) is 0 Å². The first-order valence-electron chi connectivity index (χ1n) is 6.34. The van der Waals surface area contributed by atoms with Gasteiger partial charge < -0.3 is 15.0 Å². The first-order chi connectivity index (χ1) is 8.13. The normalized spacial score (nSPS) is 16.8. The summed E-state index contributed by atoms with van der Waals surface area (Å²) >= 11 is 0. The summed E-state index contributed by atoms with van der Waals surface area (Å²) < 4.78 is 10.7. The molecule has 0 spiro atoms. The van der Waals surface area contributed by atoms with Gasteiger partial charge in [0, 0.05) is 6.61 Å². The molecule has 1 aromatic rings. The molecule has 1 heterocycles. The third-order valence-electron chi connectivity index (χ3n) is 3.03. The van der Waals surface area contributed by atoms with E-state index in [1.807, 2.05) is 13.8 Å². The van der Waals surface area contributed by atoms with Crippen LogP contribution in [0.4, 0.5) is 0 Å². The number of nitrogens with zero attached hydrogens (tertiary/aromatic N) is 2. The monoisotopic (exact) mass is 241 g/mol. The lowest BCUT2D eigenvalue weighted by Crippen LogP contribution is -2.19. The van der Waals surface area contributed by atoms with Gasteiger partial charge in [-0.05, 0) is 19.3 Å². The summed E-state index contributed by atoms with van der Waals surface area (Å²) in [4.78, 5) is 4.34. The van der Waals surface area contributed by atoms with E-state index in [0.29, 0.717) is 24.2 Å². The van der Waals surface area contributed by atoms with E-state index in [1.54, 1.807) is 0 Å². The minimum Gasteiger partial charge on any atom is -0.370 e. The topological polar surface area (TPSA) is 74.2 Å². The second kappa shape index (κ2) is 6.71. The van der Waals surface area contributed by atoms with Crippen molar-refractivity contribution in [3.8, 4) is 0 Å². The molecule has 0 fully saturated rings. The van der Waals surface area contributed by atoms with Gasteiger partial charge in [-0.3, -0.25) is 0 Å². The first-order valence-corrected chi connectivity index (χ1v) is 6.34. The standard InChI is InChI=1S/C12H23N3O2/c1-5-8(4)10(13)12-14-11(15-17-12)9(6-2)16-7-3/h8-10H,5-7,13H2,1-4H3/t8?,9?,10-/m0/s1. The maximum absolute atomic E-state index is 6.04. The second-order valence-corrected chi connectivity index (χ2v) is 4.25. The molecular weight excluding hydrogens is 218 g/mol. The fourth-order valence-corrected chi connectivity index (χ4v) is 1.59. The van der Waals surface area contributed by atoms with Crippen LogP contribution in [0.5, 0.6) is 0 Å². The zero-order valence-electron chi connectivity index (χ0n) is 11.1. The highest BCUT2D eigenvalue weighted by Gasteiger charge is 2.23. The summed E-state index contributed by atoms with van der Waals surface area (Å²) in [6.45, 7) is 8.80. The summed E-state index contributed by atoms with van der Waals surface area (Å²) in [5.74, 6) is 1.44. The van der Waals surface area contributed by atoms with Crippen LogP contribution in [0, 0.1) is 5.92 Å². The van der Waals surface area contributed by atoms with Crippen molar-refractivity contribution < 1.29 is 9.26 Å². The van der Waals surface area contributed by atoms with Gasteiger partial charge in [0.2, 0.25) is 11.7 Å². The fourth-order valence-electron chi connectivity index (χ4n) is 1.59. The predicted octanol–water partition coefficient (Wildman–Crippen LogP) is 2.60. The molecule has 17 heavy (non-hydrogen) atoms. The Kier molecular flexibility index (Phi) is 5.58. The Balaban J connectivity index is 2.76. The van der Waals surface area contributed by atoms with E-state index in [4.69, 9.17) is 15.0 Å². The van der Waals surface area contributed by atoms with E-state index < -0.39 is 0 Å². The van der Waals surface area contributed by atoms with Gasteiger partial charge in [0.1, 0.15) is 6.10 Å². The third-order valence-corrected chi connectivity index (χ3v) is 3.03. The summed E-state index contributed by atoms with van der Waals surface area (Å²) in [6, 6.07) is -0.194. The molecule has 0 aliphatic heterocycles. The average Bonchev–Trinajstić information content (AvgIpc) is 2.83. The predicted molar refractivity (Wildman–Crippen MR) is 65.3 cm³/mol. The highest BCUT2D eigenvalue weighted by molar-refractivity contribution is 4.96. The van der Waals surface area contributed by atoms with Crippen LogP contribution in [-0.2, 0) is 4.74 Å². The molecule has 0 aliphatic rings. The van der Waals surface area contributed by atoms with Crippen molar-refractivity contribution in [1.29, 1.82) is 0 Å². The van der Waals surface area contributed by atoms with Gasteiger partial charge >= 0.3 is 0 Å². The number of rotatable bonds is 7. The van der Waals surface area contributed by atoms with Crippen LogP contribution in [0.3, 0.4) is 0 Å². The van der Waals surface area contributed by atoms with Gasteiger partial charge in [-0.2, -0.15) is 4.98 Å². The summed E-state index contributed by atoms with van der Waals surface area (Å²) in [7, 11) is 0. The molecule has 0 saturated carbocycles. The van der Waals surface area contributed by atoms with Gasteiger partial charge in [-0.15, -0.1) is 0 Å². The van der Waals surface area contributed by atoms with Crippen LogP contribution in [-0.4, -0.2) is 16.7 Å². The zero-order chi connectivity index (χ0) is 12.8. The molecule has 0 aliphatic carbocycles. The van der Waals surface area contributed by atoms with Crippen molar-refractivity contribution in [3.63, 3.8) is 0 Å². The fraction of sp³-hybridized carbons (Fsp3) is 0.833. The Morgan fingerprint density at radius 2 is 2.00 bits per heavy atom. The molecule has 0 saturated heterocycles. The van der Waals surface area contributed by atoms with E-state index in [1.165, 1.54) is 0 Å². The van der Waals surface area contributed by atoms with Crippen molar-refractivity contribution in [2.24, 2.45) is 11.7 Å². The Bertz CT molecular complexity index is 311. The van der Waals surface area contributed by atoms with Crippen LogP contribution in [0.2, 0.25) is 0 Å². The number of hydrogen-bond donors (Lipinski definition) is 1. The van der Waals surface area contributed by atoms with Crippen LogP contribution in [0.15, 0.2) is 4.52 Å². The SMILES string of the molecule is CCOC(CC)c1noc([C@@H](N)C(C)CC)n1. The van der Waals surface area contributed by atoms with Gasteiger partial charge in [0.15, 0.2) is 0 Å². The van der Waals surface area contributed by atoms with Crippen LogP contribution in [0.1, 0.15) is 64.4 Å². The Morgan fingerprint density at radius 3 is 2.53 bits per heavy atom. The molecule has 0 radical (unpaired) electrons. The lowest BCUT2D eigenvalue weighted by atomic mass is 10.0. The largest absolute Gasteiger partial charge is 0.370 e. The smallest absolute Gasteiger partial charge is 0.243 e. The zero-order valence-corrected chi connectivity index (χ0v) is 11.1. The molecule has 0 amide bonds. The molecule has 0 aromatic carbocycles. The lowest BCUT2D eigenvalue weighted by molar-refractivity contribution is 0.0518. The van der Waals surface area contributed by atoms with Crippen LogP contribution < -0.4 is 5.73 Å². The average molecular weight is 241 g/mol. The van der Waals surface area contributed by atoms with Gasteiger partial charge in [0.05, 0.1) is 6.04 Å². The number of nitrogens with two attached hydrogens (primary N) is 1. The minimum absolute atomic E-state index is 0.0957. The molecule has 5 nitrogen and oxygen atoms in total. The van der Waals surface area contributed by atoms with Crippen molar-refractivity contribution in [2.45, 2.75) is 52.7 Å². The Hall–Kier alpha value is -0.940. The van der Waals surface area contributed by atoms with Gasteiger partial charge in [-0.1, -0.05) is 32.3 Å². The molecule has 98 valence electrons.